The largest absolute Gasteiger partial charge is 0.467 e. The molecule has 3 N–H and O–H groups in total. The lowest BCUT2D eigenvalue weighted by molar-refractivity contribution is -0.384. The lowest BCUT2D eigenvalue weighted by Crippen LogP contribution is -2.37. The van der Waals surface area contributed by atoms with Crippen molar-refractivity contribution in [1.82, 2.24) is 4.72 Å². The molecule has 1 fully saturated rings. The van der Waals surface area contributed by atoms with E-state index in [1.807, 2.05) is 0 Å². The van der Waals surface area contributed by atoms with Crippen LogP contribution in [0.3, 0.4) is 0 Å². The van der Waals surface area contributed by atoms with Gasteiger partial charge in [0.1, 0.15) is 5.69 Å². The van der Waals surface area contributed by atoms with Crippen LogP contribution in [0.25, 0.3) is 0 Å². The topological polar surface area (TPSA) is 148 Å². The van der Waals surface area contributed by atoms with Crippen molar-refractivity contribution in [3.8, 4) is 0 Å². The van der Waals surface area contributed by atoms with Crippen LogP contribution in [0, 0.1) is 16.0 Å². The fourth-order valence-corrected chi connectivity index (χ4v) is 4.40. The van der Waals surface area contributed by atoms with Gasteiger partial charge in [0, 0.05) is 12.1 Å². The number of anilines is 1. The van der Waals surface area contributed by atoms with E-state index in [-0.39, 0.29) is 23.2 Å². The summed E-state index contributed by atoms with van der Waals surface area (Å²) in [5.74, 6) is -0.326. The minimum atomic E-state index is -3.90. The van der Waals surface area contributed by atoms with Gasteiger partial charge in [-0.2, -0.15) is 0 Å². The maximum Gasteiger partial charge on any atom is 0.336 e. The third kappa shape index (κ3) is 5.63. The smallest absolute Gasteiger partial charge is 0.336 e. The number of hydrogen-bond donors (Lipinski definition) is 3. The molecule has 0 saturated heterocycles. The quantitative estimate of drug-likeness (QED) is 0.328. The zero-order valence-corrected chi connectivity index (χ0v) is 16.6. The first-order chi connectivity index (χ1) is 13.1. The number of carbonyl (C=O) groups is 1. The monoisotopic (exact) mass is 415 g/mol. The van der Waals surface area contributed by atoms with Crippen molar-refractivity contribution in [3.63, 3.8) is 0 Å². The van der Waals surface area contributed by atoms with Crippen molar-refractivity contribution in [1.29, 1.82) is 0 Å². The number of rotatable bonds is 8. The highest BCUT2D eigenvalue weighted by atomic mass is 32.2. The maximum atomic E-state index is 12.6. The Morgan fingerprint density at radius 1 is 1.36 bits per heavy atom. The molecule has 1 aliphatic rings. The molecule has 0 aliphatic heterocycles. The van der Waals surface area contributed by atoms with Crippen LogP contribution in [0.4, 0.5) is 11.4 Å². The van der Waals surface area contributed by atoms with E-state index in [4.69, 9.17) is 0 Å². The Morgan fingerprint density at radius 2 is 2.00 bits per heavy atom. The van der Waals surface area contributed by atoms with Crippen molar-refractivity contribution in [2.75, 3.05) is 19.0 Å². The summed E-state index contributed by atoms with van der Waals surface area (Å²) < 4.78 is 32.2. The maximum absolute atomic E-state index is 12.6. The molecule has 1 aromatic rings. The summed E-state index contributed by atoms with van der Waals surface area (Å²) in [6, 6.07) is 3.25. The Morgan fingerprint density at radius 3 is 2.57 bits per heavy atom. The summed E-state index contributed by atoms with van der Waals surface area (Å²) in [7, 11) is -2.80. The zero-order valence-electron chi connectivity index (χ0n) is 15.8. The number of esters is 1. The lowest BCUT2D eigenvalue weighted by atomic mass is 9.88. The number of nitrogens with one attached hydrogen (secondary N) is 2. The number of sulfonamides is 1. The minimum Gasteiger partial charge on any atom is -0.467 e. The van der Waals surface area contributed by atoms with Crippen LogP contribution < -0.4 is 10.0 Å². The van der Waals surface area contributed by atoms with Crippen molar-refractivity contribution in [2.24, 2.45) is 5.92 Å². The molecule has 1 atom stereocenters. The first-order valence-corrected chi connectivity index (χ1v) is 10.4. The molecule has 10 nitrogen and oxygen atoms in total. The van der Waals surface area contributed by atoms with E-state index in [1.165, 1.54) is 12.1 Å². The number of aliphatic hydroxyl groups is 1. The van der Waals surface area contributed by atoms with Crippen LogP contribution >= 0.6 is 0 Å². The molecule has 0 unspecified atom stereocenters. The molecule has 156 valence electrons. The number of nitrogens with zero attached hydrogens (tertiary/aromatic N) is 1. The normalized spacial score (nSPS) is 21.0. The number of hydrogen-bond acceptors (Lipinski definition) is 8. The first-order valence-electron chi connectivity index (χ1n) is 8.94. The molecule has 0 heterocycles. The Hall–Kier alpha value is -2.24. The van der Waals surface area contributed by atoms with Crippen LogP contribution in [-0.4, -0.2) is 50.2 Å². The summed E-state index contributed by atoms with van der Waals surface area (Å²) in [6.07, 6.45) is 1.81. The zero-order chi connectivity index (χ0) is 20.9. The van der Waals surface area contributed by atoms with Gasteiger partial charge in [0.25, 0.3) is 5.69 Å². The van der Waals surface area contributed by atoms with Crippen LogP contribution in [0.2, 0.25) is 0 Å². The predicted octanol–water partition coefficient (Wildman–Crippen LogP) is 1.40. The molecule has 0 bridgehead atoms. The second-order valence-corrected chi connectivity index (χ2v) is 8.65. The molecule has 11 heteroatoms. The minimum absolute atomic E-state index is 0.0154. The third-order valence-corrected chi connectivity index (χ3v) is 6.29. The van der Waals surface area contributed by atoms with Crippen LogP contribution in [0.5, 0.6) is 0 Å². The Bertz CT molecular complexity index is 820. The number of carbonyl (C=O) groups excluding carboxylic acids is 1. The lowest BCUT2D eigenvalue weighted by Gasteiger charge is -2.26. The molecule has 0 spiro atoms. The van der Waals surface area contributed by atoms with Crippen molar-refractivity contribution < 1.29 is 28.0 Å². The molecule has 1 aromatic carbocycles. The number of nitro benzene ring substituents is 1. The summed E-state index contributed by atoms with van der Waals surface area (Å²) in [6.45, 7) is 1.80. The number of methoxy groups -OCH3 is 1. The van der Waals surface area contributed by atoms with Gasteiger partial charge >= 0.3 is 5.97 Å². The van der Waals surface area contributed by atoms with Crippen molar-refractivity contribution in [2.45, 2.75) is 49.6 Å². The van der Waals surface area contributed by atoms with E-state index < -0.39 is 32.7 Å². The van der Waals surface area contributed by atoms with E-state index in [0.29, 0.717) is 5.92 Å². The summed E-state index contributed by atoms with van der Waals surface area (Å²) in [5.41, 5.74) is -0.490. The van der Waals surface area contributed by atoms with Gasteiger partial charge < -0.3 is 15.2 Å². The number of ether oxygens (including phenoxy) is 1. The Kier molecular flexibility index (Phi) is 7.33. The molecule has 0 amide bonds. The molecule has 2 rings (SSSR count). The van der Waals surface area contributed by atoms with E-state index in [1.54, 1.807) is 0 Å². The average molecular weight is 415 g/mol. The van der Waals surface area contributed by atoms with Gasteiger partial charge in [-0.3, -0.25) is 10.1 Å². The predicted molar refractivity (Wildman–Crippen MR) is 101 cm³/mol. The molecule has 28 heavy (non-hydrogen) atoms. The van der Waals surface area contributed by atoms with Gasteiger partial charge in [-0.15, -0.1) is 0 Å². The highest BCUT2D eigenvalue weighted by Gasteiger charge is 2.27. The van der Waals surface area contributed by atoms with E-state index in [9.17, 15) is 28.4 Å². The molecule has 1 aliphatic carbocycles. The standard InChI is InChI=1S/C17H25N3O7S/c1-11-3-5-12(6-4-11)19-28(25,26)13-7-8-14(15(9-13)20(23)24)18-10-16(21)17(22)27-2/h7-9,11-12,16,18-19,21H,3-6,10H2,1-2H3/t11?,12?,16-/m1/s1. The fourth-order valence-electron chi connectivity index (χ4n) is 3.07. The summed E-state index contributed by atoms with van der Waals surface area (Å²) in [4.78, 5) is 21.6. The number of nitro groups is 1. The van der Waals surface area contributed by atoms with Crippen molar-refractivity contribution in [3.05, 3.63) is 28.3 Å². The van der Waals surface area contributed by atoms with Gasteiger partial charge in [-0.05, 0) is 43.7 Å². The summed E-state index contributed by atoms with van der Waals surface area (Å²) in [5, 5.41) is 23.5. The first kappa shape index (κ1) is 22.1. The van der Waals surface area contributed by atoms with Gasteiger partial charge in [0.2, 0.25) is 10.0 Å². The molecule has 0 radical (unpaired) electrons. The van der Waals surface area contributed by atoms with E-state index >= 15 is 0 Å². The van der Waals surface area contributed by atoms with Gasteiger partial charge in [0.05, 0.1) is 23.5 Å². The second kappa shape index (κ2) is 9.30. The van der Waals surface area contributed by atoms with E-state index in [0.717, 1.165) is 38.9 Å². The second-order valence-electron chi connectivity index (χ2n) is 6.93. The molecule has 0 aromatic heterocycles. The SMILES string of the molecule is COC(=O)[C@H](O)CNc1ccc(S(=O)(=O)NC2CCC(C)CC2)cc1[N+](=O)[O-]. The van der Waals surface area contributed by atoms with E-state index in [2.05, 4.69) is 21.7 Å². The van der Waals surface area contributed by atoms with Gasteiger partial charge in [-0.25, -0.2) is 17.9 Å². The molecular weight excluding hydrogens is 390 g/mol. The van der Waals surface area contributed by atoms with Crippen molar-refractivity contribution >= 4 is 27.4 Å². The molecule has 1 saturated carbocycles. The number of aliphatic hydroxyl groups excluding tert-OH is 1. The Balaban J connectivity index is 2.16. The summed E-state index contributed by atoms with van der Waals surface area (Å²) >= 11 is 0. The molecular formula is C17H25N3O7S. The van der Waals surface area contributed by atoms with Crippen LogP contribution in [0.1, 0.15) is 32.6 Å². The van der Waals surface area contributed by atoms with Crippen LogP contribution in [0.15, 0.2) is 23.1 Å². The van der Waals surface area contributed by atoms with Gasteiger partial charge in [-0.1, -0.05) is 6.92 Å². The third-order valence-electron chi connectivity index (χ3n) is 4.77. The van der Waals surface area contributed by atoms with Gasteiger partial charge in [0.15, 0.2) is 6.10 Å². The highest BCUT2D eigenvalue weighted by molar-refractivity contribution is 7.89. The average Bonchev–Trinajstić information content (AvgIpc) is 2.66. The fraction of sp³-hybridized carbons (Fsp3) is 0.588. The Labute approximate surface area is 163 Å². The highest BCUT2D eigenvalue weighted by Crippen LogP contribution is 2.29. The number of benzene rings is 1. The van der Waals surface area contributed by atoms with Crippen LogP contribution in [-0.2, 0) is 19.6 Å².